The third-order valence-electron chi connectivity index (χ3n) is 2.58. The molecule has 0 atom stereocenters. The summed E-state index contributed by atoms with van der Waals surface area (Å²) in [4.78, 5) is 11.7. The molecule has 0 bridgehead atoms. The van der Waals surface area contributed by atoms with Crippen LogP contribution in [0.3, 0.4) is 0 Å². The van der Waals surface area contributed by atoms with Crippen molar-refractivity contribution in [1.29, 1.82) is 0 Å². The topological polar surface area (TPSA) is 66.8 Å². The monoisotopic (exact) mass is 216 g/mol. The third-order valence-corrected chi connectivity index (χ3v) is 2.58. The Balaban J connectivity index is 4.74. The van der Waals surface area contributed by atoms with Crippen LogP contribution in [0.1, 0.15) is 27.2 Å². The second-order valence-corrected chi connectivity index (χ2v) is 4.18. The van der Waals surface area contributed by atoms with E-state index in [1.165, 1.54) is 6.08 Å². The first kappa shape index (κ1) is 14.1. The minimum Gasteiger partial charge on any atom is -0.459 e. The lowest BCUT2D eigenvalue weighted by atomic mass is 9.90. The quantitative estimate of drug-likeness (QED) is 0.511. The molecular formula is C11H20O4. The normalized spacial score (nSPS) is 12.3. The average molecular weight is 216 g/mol. The minimum atomic E-state index is -1.40. The highest BCUT2D eigenvalue weighted by atomic mass is 16.6. The Morgan fingerprint density at radius 1 is 1.40 bits per heavy atom. The second-order valence-electron chi connectivity index (χ2n) is 4.18. The maximum absolute atomic E-state index is 11.7. The van der Waals surface area contributed by atoms with Crippen molar-refractivity contribution in [3.8, 4) is 0 Å². The summed E-state index contributed by atoms with van der Waals surface area (Å²) in [7, 11) is 0. The van der Waals surface area contributed by atoms with Gasteiger partial charge in [-0.3, -0.25) is 4.79 Å². The number of aliphatic hydroxyl groups is 2. The van der Waals surface area contributed by atoms with E-state index < -0.39 is 30.2 Å². The van der Waals surface area contributed by atoms with Crippen LogP contribution in [0.4, 0.5) is 0 Å². The van der Waals surface area contributed by atoms with E-state index in [9.17, 15) is 4.79 Å². The van der Waals surface area contributed by atoms with Gasteiger partial charge in [0.2, 0.25) is 0 Å². The highest BCUT2D eigenvalue weighted by Crippen LogP contribution is 2.24. The van der Waals surface area contributed by atoms with Gasteiger partial charge in [-0.15, -0.1) is 6.58 Å². The zero-order valence-corrected chi connectivity index (χ0v) is 9.62. The standard InChI is InChI=1S/C11H20O4/c1-5-10(3,4)15-9(14)11(6-2,7-12)8-13/h6,12-13H,2,5,7-8H2,1,3-4H3. The van der Waals surface area contributed by atoms with Gasteiger partial charge in [-0.1, -0.05) is 13.0 Å². The molecule has 4 nitrogen and oxygen atoms in total. The Morgan fingerprint density at radius 3 is 2.13 bits per heavy atom. The molecule has 4 heteroatoms. The van der Waals surface area contributed by atoms with Gasteiger partial charge in [-0.25, -0.2) is 0 Å². The zero-order valence-electron chi connectivity index (χ0n) is 9.62. The average Bonchev–Trinajstić information content (AvgIpc) is 2.21. The molecule has 0 aliphatic rings. The molecule has 0 aliphatic heterocycles. The molecule has 0 aliphatic carbocycles. The van der Waals surface area contributed by atoms with Crippen LogP contribution in [0.2, 0.25) is 0 Å². The predicted molar refractivity (Wildman–Crippen MR) is 57.3 cm³/mol. The molecule has 0 aromatic heterocycles. The first-order valence-corrected chi connectivity index (χ1v) is 4.96. The Hall–Kier alpha value is -0.870. The molecule has 0 fully saturated rings. The lowest BCUT2D eigenvalue weighted by Crippen LogP contribution is -2.42. The second kappa shape index (κ2) is 5.28. The molecule has 0 radical (unpaired) electrons. The number of ether oxygens (including phenoxy) is 1. The molecule has 0 aromatic rings. The summed E-state index contributed by atoms with van der Waals surface area (Å²) in [6.45, 7) is 7.85. The summed E-state index contributed by atoms with van der Waals surface area (Å²) in [5.74, 6) is -0.644. The van der Waals surface area contributed by atoms with Gasteiger partial charge in [-0.2, -0.15) is 0 Å². The van der Waals surface area contributed by atoms with Gasteiger partial charge in [-0.05, 0) is 20.3 Å². The summed E-state index contributed by atoms with van der Waals surface area (Å²) in [6, 6.07) is 0. The Bertz CT molecular complexity index is 229. The molecule has 0 aromatic carbocycles. The predicted octanol–water partition coefficient (Wildman–Crippen LogP) is 0.875. The number of hydrogen-bond acceptors (Lipinski definition) is 4. The molecule has 88 valence electrons. The number of carbonyl (C=O) groups is 1. The molecule has 0 heterocycles. The molecule has 0 rings (SSSR count). The van der Waals surface area contributed by atoms with Crippen LogP contribution in [0, 0.1) is 5.41 Å². The lowest BCUT2D eigenvalue weighted by molar-refractivity contribution is -0.170. The highest BCUT2D eigenvalue weighted by Gasteiger charge is 2.38. The van der Waals surface area contributed by atoms with Crippen LogP contribution >= 0.6 is 0 Å². The van der Waals surface area contributed by atoms with Crippen LogP contribution < -0.4 is 0 Å². The van der Waals surface area contributed by atoms with Gasteiger partial charge in [0.25, 0.3) is 0 Å². The fourth-order valence-electron chi connectivity index (χ4n) is 0.816. The van der Waals surface area contributed by atoms with Crippen molar-refractivity contribution in [3.63, 3.8) is 0 Å². The van der Waals surface area contributed by atoms with Gasteiger partial charge < -0.3 is 14.9 Å². The van der Waals surface area contributed by atoms with Crippen molar-refractivity contribution in [2.45, 2.75) is 32.8 Å². The van der Waals surface area contributed by atoms with Crippen LogP contribution in [0.25, 0.3) is 0 Å². The van der Waals surface area contributed by atoms with E-state index >= 15 is 0 Å². The third kappa shape index (κ3) is 3.32. The highest BCUT2D eigenvalue weighted by molar-refractivity contribution is 5.79. The van der Waals surface area contributed by atoms with Crippen LogP contribution in [0.5, 0.6) is 0 Å². The van der Waals surface area contributed by atoms with E-state index in [2.05, 4.69) is 6.58 Å². The van der Waals surface area contributed by atoms with Crippen molar-refractivity contribution < 1.29 is 19.7 Å². The largest absolute Gasteiger partial charge is 0.459 e. The molecular weight excluding hydrogens is 196 g/mol. The van der Waals surface area contributed by atoms with Gasteiger partial charge in [0.05, 0.1) is 13.2 Å². The Kier molecular flexibility index (Phi) is 4.97. The van der Waals surface area contributed by atoms with E-state index in [-0.39, 0.29) is 0 Å². The molecule has 0 saturated carbocycles. The first-order chi connectivity index (χ1) is 6.87. The molecule has 0 amide bonds. The number of esters is 1. The van der Waals surface area contributed by atoms with Crippen molar-refractivity contribution in [2.75, 3.05) is 13.2 Å². The van der Waals surface area contributed by atoms with Gasteiger partial charge in [0.1, 0.15) is 11.0 Å². The van der Waals surface area contributed by atoms with Gasteiger partial charge in [0, 0.05) is 0 Å². The lowest BCUT2D eigenvalue weighted by Gasteiger charge is -2.30. The fourth-order valence-corrected chi connectivity index (χ4v) is 0.816. The van der Waals surface area contributed by atoms with E-state index in [1.54, 1.807) is 13.8 Å². The van der Waals surface area contributed by atoms with Crippen molar-refractivity contribution in [2.24, 2.45) is 5.41 Å². The molecule has 0 spiro atoms. The number of carbonyl (C=O) groups excluding carboxylic acids is 1. The van der Waals surface area contributed by atoms with E-state index in [0.717, 1.165) is 0 Å². The fraction of sp³-hybridized carbons (Fsp3) is 0.727. The number of hydrogen-bond donors (Lipinski definition) is 2. The van der Waals surface area contributed by atoms with Gasteiger partial charge in [0.15, 0.2) is 0 Å². The first-order valence-electron chi connectivity index (χ1n) is 4.96. The zero-order chi connectivity index (χ0) is 12.1. The summed E-state index contributed by atoms with van der Waals surface area (Å²) < 4.78 is 5.20. The Morgan fingerprint density at radius 2 is 1.87 bits per heavy atom. The van der Waals surface area contributed by atoms with Crippen LogP contribution in [0.15, 0.2) is 12.7 Å². The smallest absolute Gasteiger partial charge is 0.321 e. The number of rotatable bonds is 6. The molecule has 2 N–H and O–H groups in total. The van der Waals surface area contributed by atoms with Crippen LogP contribution in [-0.2, 0) is 9.53 Å². The van der Waals surface area contributed by atoms with E-state index in [0.29, 0.717) is 6.42 Å². The van der Waals surface area contributed by atoms with Crippen molar-refractivity contribution in [3.05, 3.63) is 12.7 Å². The molecule has 0 saturated heterocycles. The summed E-state index contributed by atoms with van der Waals surface area (Å²) in [6.07, 6.45) is 1.88. The SMILES string of the molecule is C=CC(CO)(CO)C(=O)OC(C)(C)CC. The van der Waals surface area contributed by atoms with E-state index in [4.69, 9.17) is 14.9 Å². The minimum absolute atomic E-state index is 0.508. The summed E-state index contributed by atoms with van der Waals surface area (Å²) in [5, 5.41) is 18.2. The summed E-state index contributed by atoms with van der Waals surface area (Å²) >= 11 is 0. The van der Waals surface area contributed by atoms with Crippen LogP contribution in [-0.4, -0.2) is 35.0 Å². The summed E-state index contributed by atoms with van der Waals surface area (Å²) in [5.41, 5.74) is -2.00. The van der Waals surface area contributed by atoms with E-state index in [1.807, 2.05) is 6.92 Å². The maximum Gasteiger partial charge on any atom is 0.321 e. The van der Waals surface area contributed by atoms with Gasteiger partial charge >= 0.3 is 5.97 Å². The molecule has 15 heavy (non-hydrogen) atoms. The van der Waals surface area contributed by atoms with Crippen molar-refractivity contribution in [1.82, 2.24) is 0 Å². The Labute approximate surface area is 90.6 Å². The molecule has 0 unspecified atom stereocenters. The number of aliphatic hydroxyl groups excluding tert-OH is 2. The van der Waals surface area contributed by atoms with Crippen molar-refractivity contribution >= 4 is 5.97 Å². The maximum atomic E-state index is 11.7.